The Hall–Kier alpha value is -2.55. The van der Waals surface area contributed by atoms with Gasteiger partial charge >= 0.3 is 0 Å². The molecule has 4 heterocycles. The summed E-state index contributed by atoms with van der Waals surface area (Å²) in [6.07, 6.45) is 6.13. The molecule has 26 heavy (non-hydrogen) atoms. The molecule has 1 saturated heterocycles. The van der Waals surface area contributed by atoms with Crippen LogP contribution in [-0.4, -0.2) is 52.8 Å². The fourth-order valence-electron chi connectivity index (χ4n) is 3.89. The number of aliphatic hydroxyl groups is 1. The first-order valence-electron chi connectivity index (χ1n) is 9.19. The van der Waals surface area contributed by atoms with Gasteiger partial charge in [0.05, 0.1) is 11.4 Å². The van der Waals surface area contributed by atoms with Crippen LogP contribution in [0.5, 0.6) is 0 Å². The molecule has 0 unspecified atom stereocenters. The fraction of sp³-hybridized carbons (Fsp3) is 0.588. The lowest BCUT2D eigenvalue weighted by atomic mass is 9.95. The predicted molar refractivity (Wildman–Crippen MR) is 93.9 cm³/mol. The van der Waals surface area contributed by atoms with Gasteiger partial charge in [-0.2, -0.15) is 9.61 Å². The van der Waals surface area contributed by atoms with Crippen molar-refractivity contribution in [2.45, 2.75) is 44.1 Å². The van der Waals surface area contributed by atoms with E-state index < -0.39 is 0 Å². The second-order valence-electron chi connectivity index (χ2n) is 7.28. The highest BCUT2D eigenvalue weighted by molar-refractivity contribution is 5.68. The standard InChI is InChI=1S/C17H22N8O/c1-23-15(9-26)19-21-16(23)12-4-6-24(7-5-12)14-8-13(11-2-3-11)22-25-10-18-20-17(14)25/h8,10-12,26H,2-7,9H2,1H3. The Balaban J connectivity index is 1.39. The first kappa shape index (κ1) is 15.7. The van der Waals surface area contributed by atoms with E-state index in [-0.39, 0.29) is 6.61 Å². The number of fused-ring (bicyclic) bond motifs is 1. The SMILES string of the molecule is Cn1c(CO)nnc1C1CCN(c2cc(C3CC3)nn3cnnc23)CC1. The van der Waals surface area contributed by atoms with Gasteiger partial charge in [0.1, 0.15) is 18.8 Å². The van der Waals surface area contributed by atoms with Crippen molar-refractivity contribution < 1.29 is 5.11 Å². The summed E-state index contributed by atoms with van der Waals surface area (Å²) in [6.45, 7) is 1.79. The van der Waals surface area contributed by atoms with Crippen LogP contribution in [0.25, 0.3) is 5.65 Å². The van der Waals surface area contributed by atoms with Crippen molar-refractivity contribution in [2.24, 2.45) is 7.05 Å². The van der Waals surface area contributed by atoms with Crippen LogP contribution in [0.1, 0.15) is 54.9 Å². The normalized spacial score (nSPS) is 18.8. The van der Waals surface area contributed by atoms with Gasteiger partial charge in [-0.3, -0.25) is 0 Å². The molecule has 9 nitrogen and oxygen atoms in total. The van der Waals surface area contributed by atoms with Gasteiger partial charge in [0, 0.05) is 32.0 Å². The number of rotatable bonds is 4. The Morgan fingerprint density at radius 3 is 2.58 bits per heavy atom. The summed E-state index contributed by atoms with van der Waals surface area (Å²) >= 11 is 0. The van der Waals surface area contributed by atoms with Crippen LogP contribution in [-0.2, 0) is 13.7 Å². The third-order valence-electron chi connectivity index (χ3n) is 5.60. The Morgan fingerprint density at radius 2 is 1.88 bits per heavy atom. The van der Waals surface area contributed by atoms with Gasteiger partial charge in [0.2, 0.25) is 5.65 Å². The zero-order valence-corrected chi connectivity index (χ0v) is 14.8. The van der Waals surface area contributed by atoms with Gasteiger partial charge in [-0.1, -0.05) is 0 Å². The number of anilines is 1. The lowest BCUT2D eigenvalue weighted by molar-refractivity contribution is 0.266. The van der Waals surface area contributed by atoms with Gasteiger partial charge in [-0.15, -0.1) is 20.4 Å². The highest BCUT2D eigenvalue weighted by atomic mass is 16.3. The Bertz CT molecular complexity index is 936. The van der Waals surface area contributed by atoms with Crippen molar-refractivity contribution >= 4 is 11.3 Å². The summed E-state index contributed by atoms with van der Waals surface area (Å²) in [5.74, 6) is 2.54. The van der Waals surface area contributed by atoms with Crippen LogP contribution in [0.2, 0.25) is 0 Å². The molecular formula is C17H22N8O. The molecule has 0 bridgehead atoms. The molecule has 3 aromatic rings. The first-order chi connectivity index (χ1) is 12.7. The van der Waals surface area contributed by atoms with E-state index in [4.69, 9.17) is 0 Å². The molecule has 5 rings (SSSR count). The van der Waals surface area contributed by atoms with Crippen molar-refractivity contribution in [3.63, 3.8) is 0 Å². The van der Waals surface area contributed by atoms with E-state index in [0.717, 1.165) is 48.8 Å². The monoisotopic (exact) mass is 354 g/mol. The van der Waals surface area contributed by atoms with E-state index in [1.807, 2.05) is 16.1 Å². The molecule has 9 heteroatoms. The van der Waals surface area contributed by atoms with Crippen LogP contribution in [0, 0.1) is 0 Å². The van der Waals surface area contributed by atoms with Gasteiger partial charge in [0.15, 0.2) is 5.82 Å². The average molecular weight is 354 g/mol. The van der Waals surface area contributed by atoms with Crippen LogP contribution in [0.15, 0.2) is 12.4 Å². The number of aromatic nitrogens is 7. The topological polar surface area (TPSA) is 97.3 Å². The molecule has 2 fully saturated rings. The number of hydrogen-bond acceptors (Lipinski definition) is 7. The quantitative estimate of drug-likeness (QED) is 0.746. The van der Waals surface area contributed by atoms with Gasteiger partial charge in [0.25, 0.3) is 0 Å². The molecule has 136 valence electrons. The number of hydrogen-bond donors (Lipinski definition) is 1. The zero-order valence-electron chi connectivity index (χ0n) is 14.8. The molecular weight excluding hydrogens is 332 g/mol. The van der Waals surface area contributed by atoms with E-state index in [0.29, 0.717) is 17.7 Å². The molecule has 0 atom stereocenters. The molecule has 1 N–H and O–H groups in total. The third-order valence-corrected chi connectivity index (χ3v) is 5.60. The number of piperidine rings is 1. The van der Waals surface area contributed by atoms with Crippen LogP contribution in [0.4, 0.5) is 5.69 Å². The van der Waals surface area contributed by atoms with Gasteiger partial charge < -0.3 is 14.6 Å². The molecule has 0 spiro atoms. The van der Waals surface area contributed by atoms with Crippen molar-refractivity contribution in [3.05, 3.63) is 29.7 Å². The molecule has 0 radical (unpaired) electrons. The second-order valence-corrected chi connectivity index (χ2v) is 7.28. The van der Waals surface area contributed by atoms with E-state index in [9.17, 15) is 5.11 Å². The molecule has 3 aromatic heterocycles. The van der Waals surface area contributed by atoms with Crippen molar-refractivity contribution in [2.75, 3.05) is 18.0 Å². The average Bonchev–Trinajstić information content (AvgIpc) is 3.30. The van der Waals surface area contributed by atoms with Crippen LogP contribution in [0.3, 0.4) is 0 Å². The Morgan fingerprint density at radius 1 is 1.08 bits per heavy atom. The van der Waals surface area contributed by atoms with Crippen molar-refractivity contribution in [3.8, 4) is 0 Å². The van der Waals surface area contributed by atoms with Crippen molar-refractivity contribution in [1.29, 1.82) is 0 Å². The lowest BCUT2D eigenvalue weighted by Crippen LogP contribution is -2.34. The minimum Gasteiger partial charge on any atom is -0.388 e. The maximum Gasteiger partial charge on any atom is 0.200 e. The minimum absolute atomic E-state index is 0.0752. The molecule has 0 aromatic carbocycles. The predicted octanol–water partition coefficient (Wildman–Crippen LogP) is 1.01. The van der Waals surface area contributed by atoms with E-state index in [2.05, 4.69) is 36.5 Å². The van der Waals surface area contributed by atoms with Crippen LogP contribution < -0.4 is 4.90 Å². The highest BCUT2D eigenvalue weighted by Crippen LogP contribution is 2.41. The van der Waals surface area contributed by atoms with Crippen molar-refractivity contribution in [1.82, 2.24) is 34.6 Å². The Labute approximate surface area is 150 Å². The van der Waals surface area contributed by atoms with Crippen LogP contribution >= 0.6 is 0 Å². The molecule has 1 aliphatic carbocycles. The van der Waals surface area contributed by atoms with E-state index in [1.165, 1.54) is 12.8 Å². The zero-order chi connectivity index (χ0) is 17.7. The van der Waals surface area contributed by atoms with Gasteiger partial charge in [-0.25, -0.2) is 0 Å². The summed E-state index contributed by atoms with van der Waals surface area (Å²) < 4.78 is 3.74. The molecule has 1 aliphatic heterocycles. The van der Waals surface area contributed by atoms with E-state index in [1.54, 1.807) is 6.33 Å². The summed E-state index contributed by atoms with van der Waals surface area (Å²) in [7, 11) is 1.93. The Kier molecular flexibility index (Phi) is 3.63. The summed E-state index contributed by atoms with van der Waals surface area (Å²) in [5, 5.41) is 30.7. The first-order valence-corrected chi connectivity index (χ1v) is 9.19. The number of aliphatic hydroxyl groups excluding tert-OH is 1. The molecule has 0 amide bonds. The largest absolute Gasteiger partial charge is 0.388 e. The summed E-state index contributed by atoms with van der Waals surface area (Å²) in [5.41, 5.74) is 3.11. The fourth-order valence-corrected chi connectivity index (χ4v) is 3.89. The highest BCUT2D eigenvalue weighted by Gasteiger charge is 2.30. The second kappa shape index (κ2) is 6.01. The third kappa shape index (κ3) is 2.54. The molecule has 1 saturated carbocycles. The van der Waals surface area contributed by atoms with Gasteiger partial charge in [-0.05, 0) is 31.7 Å². The van der Waals surface area contributed by atoms with E-state index >= 15 is 0 Å². The maximum atomic E-state index is 9.32. The molecule has 2 aliphatic rings. The number of nitrogens with zero attached hydrogens (tertiary/aromatic N) is 8. The lowest BCUT2D eigenvalue weighted by Gasteiger charge is -2.33. The maximum absolute atomic E-state index is 9.32. The minimum atomic E-state index is -0.0752. The summed E-state index contributed by atoms with van der Waals surface area (Å²) in [6, 6.07) is 2.20. The summed E-state index contributed by atoms with van der Waals surface area (Å²) in [4.78, 5) is 2.39. The smallest absolute Gasteiger partial charge is 0.200 e.